The smallest absolute Gasteiger partial charge is 0.396 e. The third-order valence-corrected chi connectivity index (χ3v) is 1.92. The maximum absolute atomic E-state index is 11.7. The second-order valence-electron chi connectivity index (χ2n) is 3.65. The number of urea groups is 1. The molecule has 1 atom stereocenters. The summed E-state index contributed by atoms with van der Waals surface area (Å²) in [6.45, 7) is 0.893. The Morgan fingerprint density at radius 1 is 1.38 bits per heavy atom. The minimum absolute atomic E-state index is 0.0697. The van der Waals surface area contributed by atoms with E-state index in [2.05, 4.69) is 5.32 Å². The van der Waals surface area contributed by atoms with Gasteiger partial charge in [0.15, 0.2) is 0 Å². The molecule has 0 saturated carbocycles. The largest absolute Gasteiger partial charge is 0.405 e. The number of halogens is 3. The van der Waals surface area contributed by atoms with Crippen LogP contribution < -0.4 is 10.6 Å². The first-order valence-electron chi connectivity index (χ1n) is 5.04. The summed E-state index contributed by atoms with van der Waals surface area (Å²) < 4.78 is 35.1. The Labute approximate surface area is 92.2 Å². The SMILES string of the molecule is CC(CO)CCCNC(=O)NCC(F)(F)F. The van der Waals surface area contributed by atoms with Crippen molar-refractivity contribution in [2.45, 2.75) is 25.9 Å². The molecule has 0 aliphatic heterocycles. The molecule has 0 heterocycles. The van der Waals surface area contributed by atoms with Crippen LogP contribution in [0.2, 0.25) is 0 Å². The zero-order chi connectivity index (χ0) is 12.6. The van der Waals surface area contributed by atoms with Gasteiger partial charge in [-0.1, -0.05) is 6.92 Å². The molecule has 0 spiro atoms. The summed E-state index contributed by atoms with van der Waals surface area (Å²) in [6.07, 6.45) is -3.04. The lowest BCUT2D eigenvalue weighted by Gasteiger charge is -2.10. The lowest BCUT2D eigenvalue weighted by molar-refractivity contribution is -0.122. The standard InChI is InChI=1S/C9H17F3N2O2/c1-7(5-15)3-2-4-13-8(16)14-6-9(10,11)12/h7,15H,2-6H2,1H3,(H2,13,14,16). The first-order valence-corrected chi connectivity index (χ1v) is 5.04. The van der Waals surface area contributed by atoms with Crippen LogP contribution in [-0.2, 0) is 0 Å². The number of aliphatic hydroxyl groups is 1. The predicted molar refractivity (Wildman–Crippen MR) is 52.9 cm³/mol. The monoisotopic (exact) mass is 242 g/mol. The molecule has 0 bridgehead atoms. The molecular formula is C9H17F3N2O2. The molecule has 0 radical (unpaired) electrons. The Morgan fingerprint density at radius 2 is 2.00 bits per heavy atom. The molecule has 4 nitrogen and oxygen atoms in total. The molecule has 0 aliphatic rings. The van der Waals surface area contributed by atoms with Gasteiger partial charge in [0.2, 0.25) is 0 Å². The average molecular weight is 242 g/mol. The van der Waals surface area contributed by atoms with Crippen molar-refractivity contribution in [1.82, 2.24) is 10.6 Å². The van der Waals surface area contributed by atoms with Gasteiger partial charge in [-0.2, -0.15) is 13.2 Å². The number of hydrogen-bond donors (Lipinski definition) is 3. The summed E-state index contributed by atoms with van der Waals surface area (Å²) in [5.41, 5.74) is 0. The van der Waals surface area contributed by atoms with Gasteiger partial charge in [-0.3, -0.25) is 0 Å². The molecule has 7 heteroatoms. The van der Waals surface area contributed by atoms with Crippen molar-refractivity contribution in [3.63, 3.8) is 0 Å². The van der Waals surface area contributed by atoms with E-state index in [0.717, 1.165) is 6.42 Å². The number of hydrogen-bond acceptors (Lipinski definition) is 2. The molecule has 0 aromatic carbocycles. The molecule has 0 aromatic heterocycles. The van der Waals surface area contributed by atoms with Crippen LogP contribution in [0.5, 0.6) is 0 Å². The fraction of sp³-hybridized carbons (Fsp3) is 0.889. The molecule has 0 rings (SSSR count). The number of aliphatic hydroxyl groups excluding tert-OH is 1. The normalized spacial score (nSPS) is 13.3. The van der Waals surface area contributed by atoms with Crippen molar-refractivity contribution >= 4 is 6.03 Å². The molecule has 96 valence electrons. The quantitative estimate of drug-likeness (QED) is 0.614. The Kier molecular flexibility index (Phi) is 6.87. The third kappa shape index (κ3) is 9.57. The van der Waals surface area contributed by atoms with Crippen LogP contribution >= 0.6 is 0 Å². The number of alkyl halides is 3. The summed E-state index contributed by atoms with van der Waals surface area (Å²) in [6, 6.07) is -0.825. The number of carbonyl (C=O) groups excluding carboxylic acids is 1. The minimum Gasteiger partial charge on any atom is -0.396 e. The van der Waals surface area contributed by atoms with Gasteiger partial charge in [0.25, 0.3) is 0 Å². The second kappa shape index (κ2) is 7.32. The Bertz CT molecular complexity index is 209. The highest BCUT2D eigenvalue weighted by Gasteiger charge is 2.27. The van der Waals surface area contributed by atoms with E-state index in [1.54, 1.807) is 5.32 Å². The van der Waals surface area contributed by atoms with Crippen molar-refractivity contribution in [2.24, 2.45) is 5.92 Å². The topological polar surface area (TPSA) is 61.4 Å². The van der Waals surface area contributed by atoms with E-state index in [9.17, 15) is 18.0 Å². The van der Waals surface area contributed by atoms with E-state index in [4.69, 9.17) is 5.11 Å². The maximum Gasteiger partial charge on any atom is 0.405 e. The molecule has 0 saturated heterocycles. The van der Waals surface area contributed by atoms with Gasteiger partial charge in [-0.05, 0) is 18.8 Å². The predicted octanol–water partition coefficient (Wildman–Crippen LogP) is 1.26. The Morgan fingerprint density at radius 3 is 2.50 bits per heavy atom. The second-order valence-corrected chi connectivity index (χ2v) is 3.65. The fourth-order valence-electron chi connectivity index (χ4n) is 0.987. The minimum atomic E-state index is -4.39. The summed E-state index contributed by atoms with van der Waals surface area (Å²) in [5.74, 6) is 0.139. The van der Waals surface area contributed by atoms with Crippen molar-refractivity contribution in [3.8, 4) is 0 Å². The number of rotatable bonds is 6. The molecule has 1 unspecified atom stereocenters. The zero-order valence-corrected chi connectivity index (χ0v) is 9.10. The highest BCUT2D eigenvalue weighted by Crippen LogP contribution is 2.11. The van der Waals surface area contributed by atoms with Gasteiger partial charge in [0, 0.05) is 13.2 Å². The van der Waals surface area contributed by atoms with Gasteiger partial charge >= 0.3 is 12.2 Å². The lowest BCUT2D eigenvalue weighted by Crippen LogP contribution is -2.41. The van der Waals surface area contributed by atoms with Gasteiger partial charge < -0.3 is 15.7 Å². The summed E-state index contributed by atoms with van der Waals surface area (Å²) in [5, 5.41) is 12.7. The van der Waals surface area contributed by atoms with Crippen LogP contribution in [0.1, 0.15) is 19.8 Å². The summed E-state index contributed by atoms with van der Waals surface area (Å²) in [4.78, 5) is 10.8. The van der Waals surface area contributed by atoms with Crippen LogP contribution in [0.15, 0.2) is 0 Å². The average Bonchev–Trinajstić information content (AvgIpc) is 2.20. The molecular weight excluding hydrogens is 225 g/mol. The van der Waals surface area contributed by atoms with Gasteiger partial charge in [0.1, 0.15) is 6.54 Å². The van der Waals surface area contributed by atoms with Crippen molar-refractivity contribution in [1.29, 1.82) is 0 Å². The van der Waals surface area contributed by atoms with Crippen LogP contribution in [0, 0.1) is 5.92 Å². The molecule has 16 heavy (non-hydrogen) atoms. The molecule has 0 fully saturated rings. The third-order valence-electron chi connectivity index (χ3n) is 1.92. The van der Waals surface area contributed by atoms with Gasteiger partial charge in [-0.25, -0.2) is 4.79 Å². The number of amides is 2. The van der Waals surface area contributed by atoms with E-state index >= 15 is 0 Å². The van der Waals surface area contributed by atoms with Crippen molar-refractivity contribution < 1.29 is 23.1 Å². The summed E-state index contributed by atoms with van der Waals surface area (Å²) in [7, 11) is 0. The lowest BCUT2D eigenvalue weighted by atomic mass is 10.1. The highest BCUT2D eigenvalue weighted by molar-refractivity contribution is 5.73. The van der Waals surface area contributed by atoms with Crippen LogP contribution in [0.25, 0.3) is 0 Å². The molecule has 2 amide bonds. The highest BCUT2D eigenvalue weighted by atomic mass is 19.4. The molecule has 0 aromatic rings. The first-order chi connectivity index (χ1) is 7.35. The Balaban J connectivity index is 3.45. The number of carbonyl (C=O) groups is 1. The van der Waals surface area contributed by atoms with E-state index in [0.29, 0.717) is 13.0 Å². The first kappa shape index (κ1) is 15.0. The van der Waals surface area contributed by atoms with E-state index in [1.807, 2.05) is 6.92 Å². The van der Waals surface area contributed by atoms with E-state index in [1.165, 1.54) is 0 Å². The van der Waals surface area contributed by atoms with E-state index < -0.39 is 18.8 Å². The Hall–Kier alpha value is -0.980. The van der Waals surface area contributed by atoms with Gasteiger partial charge in [0.05, 0.1) is 0 Å². The van der Waals surface area contributed by atoms with E-state index in [-0.39, 0.29) is 12.5 Å². The zero-order valence-electron chi connectivity index (χ0n) is 9.10. The van der Waals surface area contributed by atoms with Crippen LogP contribution in [0.3, 0.4) is 0 Å². The van der Waals surface area contributed by atoms with Gasteiger partial charge in [-0.15, -0.1) is 0 Å². The number of nitrogens with one attached hydrogen (secondary N) is 2. The maximum atomic E-state index is 11.7. The molecule has 3 N–H and O–H groups in total. The van der Waals surface area contributed by atoms with Crippen molar-refractivity contribution in [2.75, 3.05) is 19.7 Å². The molecule has 0 aliphatic carbocycles. The van der Waals surface area contributed by atoms with Crippen LogP contribution in [0.4, 0.5) is 18.0 Å². The van der Waals surface area contributed by atoms with Crippen LogP contribution in [-0.4, -0.2) is 37.0 Å². The van der Waals surface area contributed by atoms with Crippen molar-refractivity contribution in [3.05, 3.63) is 0 Å². The fourth-order valence-corrected chi connectivity index (χ4v) is 0.987. The summed E-state index contributed by atoms with van der Waals surface area (Å²) >= 11 is 0.